The molecule has 1 saturated heterocycles. The first-order valence-corrected chi connectivity index (χ1v) is 9.53. The van der Waals surface area contributed by atoms with Crippen LogP contribution in [0.1, 0.15) is 52.0 Å². The molecule has 0 aromatic heterocycles. The van der Waals surface area contributed by atoms with E-state index in [-0.39, 0.29) is 18.2 Å². The number of hydrogen-bond acceptors (Lipinski definition) is 4. The van der Waals surface area contributed by atoms with Crippen molar-refractivity contribution in [3.8, 4) is 11.5 Å². The minimum Gasteiger partial charge on any atom is -0.490 e. The number of amides is 1. The lowest BCUT2D eigenvalue weighted by Gasteiger charge is -2.35. The molecule has 1 fully saturated rings. The lowest BCUT2D eigenvalue weighted by Crippen LogP contribution is -2.45. The molecule has 1 aromatic rings. The molecule has 2 bridgehead atoms. The Balaban J connectivity index is 1.56. The van der Waals surface area contributed by atoms with E-state index >= 15 is 0 Å². The summed E-state index contributed by atoms with van der Waals surface area (Å²) in [6, 6.07) is 6.51. The van der Waals surface area contributed by atoms with Crippen LogP contribution in [-0.4, -0.2) is 41.9 Å². The summed E-state index contributed by atoms with van der Waals surface area (Å²) in [7, 11) is 0. The molecule has 140 valence electrons. The summed E-state index contributed by atoms with van der Waals surface area (Å²) in [5.41, 5.74) is 1.98. The van der Waals surface area contributed by atoms with Gasteiger partial charge in [-0.05, 0) is 63.3 Å². The van der Waals surface area contributed by atoms with Gasteiger partial charge >= 0.3 is 6.09 Å². The largest absolute Gasteiger partial charge is 0.490 e. The quantitative estimate of drug-likeness (QED) is 0.747. The Morgan fingerprint density at radius 2 is 1.92 bits per heavy atom. The molecule has 5 nitrogen and oxygen atoms in total. The number of nitrogens with zero attached hydrogens (tertiary/aromatic N) is 1. The number of carbonyl (C=O) groups excluding carboxylic acids is 1. The minimum absolute atomic E-state index is 0.120. The smallest absolute Gasteiger partial charge is 0.411 e. The lowest BCUT2D eigenvalue weighted by molar-refractivity contribution is 0.0175. The van der Waals surface area contributed by atoms with Gasteiger partial charge in [-0.25, -0.2) is 4.79 Å². The first kappa shape index (κ1) is 17.3. The topological polar surface area (TPSA) is 48.0 Å². The van der Waals surface area contributed by atoms with Crippen molar-refractivity contribution in [1.29, 1.82) is 0 Å². The second kappa shape index (κ2) is 6.53. The number of fused-ring (bicyclic) bond motifs is 3. The van der Waals surface area contributed by atoms with Crippen molar-refractivity contribution in [2.75, 3.05) is 13.2 Å². The fourth-order valence-corrected chi connectivity index (χ4v) is 4.01. The maximum atomic E-state index is 12.6. The van der Waals surface area contributed by atoms with E-state index in [1.54, 1.807) is 0 Å². The number of carbonyl (C=O) groups is 1. The second-order valence-electron chi connectivity index (χ2n) is 8.29. The molecule has 1 amide bonds. The Kier molecular flexibility index (Phi) is 4.33. The van der Waals surface area contributed by atoms with Crippen molar-refractivity contribution in [3.63, 3.8) is 0 Å². The number of benzene rings is 1. The number of ether oxygens (including phenoxy) is 3. The Morgan fingerprint density at radius 1 is 1.15 bits per heavy atom. The number of hydrogen-bond donors (Lipinski definition) is 0. The highest BCUT2D eigenvalue weighted by atomic mass is 16.6. The molecule has 5 heteroatoms. The molecule has 3 aliphatic rings. The van der Waals surface area contributed by atoms with Crippen molar-refractivity contribution >= 4 is 11.7 Å². The van der Waals surface area contributed by atoms with E-state index < -0.39 is 5.60 Å². The van der Waals surface area contributed by atoms with Gasteiger partial charge < -0.3 is 14.2 Å². The van der Waals surface area contributed by atoms with E-state index in [0.717, 1.165) is 42.7 Å². The Bertz CT molecular complexity index is 734. The normalized spacial score (nSPS) is 24.7. The molecule has 4 rings (SSSR count). The van der Waals surface area contributed by atoms with Crippen LogP contribution in [0.5, 0.6) is 11.5 Å². The molecule has 0 spiro atoms. The fourth-order valence-electron chi connectivity index (χ4n) is 4.01. The molecule has 0 N–H and O–H groups in total. The minimum atomic E-state index is -0.463. The van der Waals surface area contributed by atoms with E-state index in [2.05, 4.69) is 18.2 Å². The Morgan fingerprint density at radius 3 is 2.65 bits per heavy atom. The van der Waals surface area contributed by atoms with Crippen LogP contribution in [0.25, 0.3) is 5.57 Å². The van der Waals surface area contributed by atoms with Crippen LogP contribution < -0.4 is 9.47 Å². The molecule has 3 heterocycles. The summed E-state index contributed by atoms with van der Waals surface area (Å²) >= 11 is 0. The third kappa shape index (κ3) is 3.39. The molecular weight excluding hydrogens is 330 g/mol. The van der Waals surface area contributed by atoms with Gasteiger partial charge in [-0.15, -0.1) is 0 Å². The van der Waals surface area contributed by atoms with E-state index in [4.69, 9.17) is 14.2 Å². The maximum Gasteiger partial charge on any atom is 0.411 e. The molecule has 0 saturated carbocycles. The van der Waals surface area contributed by atoms with Crippen LogP contribution in [0.4, 0.5) is 4.79 Å². The van der Waals surface area contributed by atoms with Crippen molar-refractivity contribution in [1.82, 2.24) is 4.90 Å². The van der Waals surface area contributed by atoms with Crippen molar-refractivity contribution in [2.45, 2.75) is 64.1 Å². The van der Waals surface area contributed by atoms with Crippen LogP contribution in [0.2, 0.25) is 0 Å². The van der Waals surface area contributed by atoms with Gasteiger partial charge in [-0.3, -0.25) is 4.90 Å². The van der Waals surface area contributed by atoms with E-state index in [9.17, 15) is 4.79 Å². The Labute approximate surface area is 154 Å². The van der Waals surface area contributed by atoms with Gasteiger partial charge in [-0.1, -0.05) is 12.1 Å². The third-order valence-corrected chi connectivity index (χ3v) is 5.12. The number of rotatable bonds is 1. The third-order valence-electron chi connectivity index (χ3n) is 5.12. The van der Waals surface area contributed by atoms with Gasteiger partial charge in [0.05, 0.1) is 19.3 Å². The second-order valence-corrected chi connectivity index (χ2v) is 8.29. The molecule has 26 heavy (non-hydrogen) atoms. The van der Waals surface area contributed by atoms with Gasteiger partial charge in [0.15, 0.2) is 11.5 Å². The van der Waals surface area contributed by atoms with Crippen LogP contribution >= 0.6 is 0 Å². The predicted molar refractivity (Wildman–Crippen MR) is 99.5 cm³/mol. The summed E-state index contributed by atoms with van der Waals surface area (Å²) in [6.45, 7) is 7.12. The highest BCUT2D eigenvalue weighted by Gasteiger charge is 2.41. The predicted octanol–water partition coefficient (Wildman–Crippen LogP) is 4.40. The summed E-state index contributed by atoms with van der Waals surface area (Å²) in [5.74, 6) is 1.64. The molecule has 0 aliphatic carbocycles. The molecule has 3 aliphatic heterocycles. The highest BCUT2D eigenvalue weighted by molar-refractivity contribution is 5.76. The van der Waals surface area contributed by atoms with Crippen LogP contribution in [0, 0.1) is 0 Å². The van der Waals surface area contributed by atoms with Gasteiger partial charge in [-0.2, -0.15) is 0 Å². The van der Waals surface area contributed by atoms with Crippen LogP contribution in [-0.2, 0) is 4.74 Å². The monoisotopic (exact) mass is 357 g/mol. The van der Waals surface area contributed by atoms with Crippen molar-refractivity contribution in [3.05, 3.63) is 29.8 Å². The summed E-state index contributed by atoms with van der Waals surface area (Å²) in [4.78, 5) is 14.5. The highest BCUT2D eigenvalue weighted by Crippen LogP contribution is 2.41. The SMILES string of the molecule is CC(C)(C)OC(=O)N1C2C=C(c3ccc4c(c3)OCCCO4)CC1CC2. The first-order valence-electron chi connectivity index (χ1n) is 9.53. The van der Waals surface area contributed by atoms with Crippen LogP contribution in [0.3, 0.4) is 0 Å². The zero-order valence-electron chi connectivity index (χ0n) is 15.8. The first-order chi connectivity index (χ1) is 12.4. The van der Waals surface area contributed by atoms with Gasteiger partial charge in [0.1, 0.15) is 5.60 Å². The van der Waals surface area contributed by atoms with Crippen LogP contribution in [0.15, 0.2) is 24.3 Å². The van der Waals surface area contributed by atoms with E-state index in [1.165, 1.54) is 5.57 Å². The van der Waals surface area contributed by atoms with E-state index in [1.807, 2.05) is 31.7 Å². The summed E-state index contributed by atoms with van der Waals surface area (Å²) < 4.78 is 17.2. The summed E-state index contributed by atoms with van der Waals surface area (Å²) in [6.07, 6.45) is 5.81. The summed E-state index contributed by atoms with van der Waals surface area (Å²) in [5, 5.41) is 0. The maximum absolute atomic E-state index is 12.6. The molecule has 2 atom stereocenters. The zero-order chi connectivity index (χ0) is 18.3. The Hall–Kier alpha value is -2.17. The molecule has 0 radical (unpaired) electrons. The van der Waals surface area contributed by atoms with Crippen molar-refractivity contribution in [2.24, 2.45) is 0 Å². The zero-order valence-corrected chi connectivity index (χ0v) is 15.8. The average molecular weight is 357 g/mol. The molecule has 2 unspecified atom stereocenters. The fraction of sp³-hybridized carbons (Fsp3) is 0.571. The lowest BCUT2D eigenvalue weighted by atomic mass is 9.94. The van der Waals surface area contributed by atoms with E-state index in [0.29, 0.717) is 13.2 Å². The van der Waals surface area contributed by atoms with Crippen molar-refractivity contribution < 1.29 is 19.0 Å². The van der Waals surface area contributed by atoms with Gasteiger partial charge in [0, 0.05) is 12.5 Å². The molecular formula is C21H27NO4. The van der Waals surface area contributed by atoms with Gasteiger partial charge in [0.2, 0.25) is 0 Å². The average Bonchev–Trinajstić information content (AvgIpc) is 2.76. The van der Waals surface area contributed by atoms with Gasteiger partial charge in [0.25, 0.3) is 0 Å². The molecule has 1 aromatic carbocycles. The standard InChI is InChI=1S/C21H27NO4/c1-21(2,3)26-20(23)22-16-6-7-17(22)12-15(11-16)14-5-8-18-19(13-14)25-10-4-9-24-18/h5,8,11,13,16-17H,4,6-7,9-10,12H2,1-3H3.